The first kappa shape index (κ1) is 24.8. The smallest absolute Gasteiger partial charge is 0.255 e. The zero-order valence-electron chi connectivity index (χ0n) is 20.1. The first-order valence-electron chi connectivity index (χ1n) is 11.8. The summed E-state index contributed by atoms with van der Waals surface area (Å²) in [4.78, 5) is 28.1. The molecule has 0 radical (unpaired) electrons. The molecular formula is C27H37N3O3. The van der Waals surface area contributed by atoms with Crippen LogP contribution in [-0.2, 0) is 11.3 Å². The molecule has 0 saturated heterocycles. The Morgan fingerprint density at radius 2 is 1.82 bits per heavy atom. The second-order valence-corrected chi connectivity index (χ2v) is 9.78. The first-order chi connectivity index (χ1) is 15.8. The number of benzene rings is 2. The molecular weight excluding hydrogens is 414 g/mol. The van der Waals surface area contributed by atoms with Crippen molar-refractivity contribution in [3.8, 4) is 5.75 Å². The van der Waals surface area contributed by atoms with Gasteiger partial charge in [0.1, 0.15) is 5.75 Å². The van der Waals surface area contributed by atoms with Gasteiger partial charge in [0.05, 0.1) is 7.11 Å². The summed E-state index contributed by atoms with van der Waals surface area (Å²) in [6.45, 7) is 5.82. The number of carbonyl (C=O) groups is 2. The molecule has 0 bridgehead atoms. The third kappa shape index (κ3) is 7.06. The van der Waals surface area contributed by atoms with Crippen LogP contribution >= 0.6 is 0 Å². The number of hydrogen-bond acceptors (Lipinski definition) is 4. The summed E-state index contributed by atoms with van der Waals surface area (Å²) in [5.74, 6) is 0.756. The molecule has 1 aliphatic carbocycles. The fourth-order valence-corrected chi connectivity index (χ4v) is 4.34. The van der Waals surface area contributed by atoms with Crippen LogP contribution in [0.4, 0.5) is 5.69 Å². The highest BCUT2D eigenvalue weighted by Crippen LogP contribution is 2.28. The molecule has 2 aromatic carbocycles. The van der Waals surface area contributed by atoms with Crippen LogP contribution in [0.3, 0.4) is 0 Å². The molecule has 0 aliphatic heterocycles. The number of nitrogens with two attached hydrogens (primary N) is 1. The van der Waals surface area contributed by atoms with Gasteiger partial charge in [0.15, 0.2) is 0 Å². The van der Waals surface area contributed by atoms with Crippen LogP contribution in [0.15, 0.2) is 48.5 Å². The molecule has 6 heteroatoms. The van der Waals surface area contributed by atoms with E-state index in [1.54, 1.807) is 31.4 Å². The molecule has 0 heterocycles. The number of nitrogens with zero attached hydrogens (tertiary/aromatic N) is 1. The Bertz CT molecular complexity index is 951. The lowest BCUT2D eigenvalue weighted by molar-refractivity contribution is -0.138. The number of ether oxygens (including phenoxy) is 1. The van der Waals surface area contributed by atoms with Crippen LogP contribution in [0.2, 0.25) is 0 Å². The highest BCUT2D eigenvalue weighted by molar-refractivity contribution is 6.04. The van der Waals surface area contributed by atoms with Crippen LogP contribution in [0, 0.1) is 11.3 Å². The van der Waals surface area contributed by atoms with Gasteiger partial charge in [0.25, 0.3) is 5.91 Å². The van der Waals surface area contributed by atoms with E-state index in [-0.39, 0.29) is 23.1 Å². The summed E-state index contributed by atoms with van der Waals surface area (Å²) in [6.07, 6.45) is 5.39. The Hall–Kier alpha value is -2.86. The molecule has 2 amide bonds. The van der Waals surface area contributed by atoms with E-state index in [1.807, 2.05) is 29.2 Å². The number of nitrogens with one attached hydrogen (secondary N) is 1. The van der Waals surface area contributed by atoms with Crippen molar-refractivity contribution in [3.63, 3.8) is 0 Å². The van der Waals surface area contributed by atoms with Crippen molar-refractivity contribution in [2.24, 2.45) is 17.1 Å². The summed E-state index contributed by atoms with van der Waals surface area (Å²) in [6, 6.07) is 14.8. The van der Waals surface area contributed by atoms with E-state index in [2.05, 4.69) is 19.2 Å². The number of rotatable bonds is 9. The topological polar surface area (TPSA) is 84.7 Å². The minimum atomic E-state index is -0.203. The molecule has 33 heavy (non-hydrogen) atoms. The normalized spacial score (nSPS) is 14.5. The molecule has 1 fully saturated rings. The molecule has 0 spiro atoms. The van der Waals surface area contributed by atoms with E-state index in [1.165, 1.54) is 6.42 Å². The van der Waals surface area contributed by atoms with Crippen molar-refractivity contribution in [2.75, 3.05) is 25.5 Å². The van der Waals surface area contributed by atoms with E-state index in [9.17, 15) is 9.59 Å². The molecule has 1 aliphatic rings. The molecule has 1 saturated carbocycles. The van der Waals surface area contributed by atoms with Gasteiger partial charge in [-0.1, -0.05) is 51.3 Å². The van der Waals surface area contributed by atoms with Crippen LogP contribution in [0.25, 0.3) is 0 Å². The van der Waals surface area contributed by atoms with Gasteiger partial charge < -0.3 is 20.7 Å². The lowest BCUT2D eigenvalue weighted by Gasteiger charge is -2.35. The Labute approximate surface area is 197 Å². The van der Waals surface area contributed by atoms with Crippen molar-refractivity contribution >= 4 is 17.5 Å². The lowest BCUT2D eigenvalue weighted by atomic mass is 9.86. The van der Waals surface area contributed by atoms with Gasteiger partial charge in [-0.3, -0.25) is 9.59 Å². The van der Waals surface area contributed by atoms with Gasteiger partial charge in [-0.2, -0.15) is 0 Å². The quantitative estimate of drug-likeness (QED) is 0.571. The molecule has 0 aromatic heterocycles. The third-order valence-corrected chi connectivity index (χ3v) is 6.33. The fourth-order valence-electron chi connectivity index (χ4n) is 4.34. The molecule has 2 aromatic rings. The van der Waals surface area contributed by atoms with E-state index >= 15 is 0 Å². The zero-order valence-corrected chi connectivity index (χ0v) is 20.1. The average Bonchev–Trinajstić information content (AvgIpc) is 2.84. The molecule has 178 valence electrons. The third-order valence-electron chi connectivity index (χ3n) is 6.33. The van der Waals surface area contributed by atoms with Crippen molar-refractivity contribution in [3.05, 3.63) is 59.7 Å². The second kappa shape index (κ2) is 11.3. The number of anilines is 1. The SMILES string of the molecule is COc1cccc(C(=O)Nc2cccc(CN(CC(C)(C)CN)C(=O)C3CCCCC3)c2)c1. The minimum absolute atomic E-state index is 0.100. The minimum Gasteiger partial charge on any atom is -0.497 e. The lowest BCUT2D eigenvalue weighted by Crippen LogP contribution is -2.44. The number of hydrogen-bond donors (Lipinski definition) is 2. The Balaban J connectivity index is 1.75. The highest BCUT2D eigenvalue weighted by atomic mass is 16.5. The van der Waals surface area contributed by atoms with Gasteiger partial charge in [-0.05, 0) is 60.7 Å². The van der Waals surface area contributed by atoms with Crippen molar-refractivity contribution in [1.82, 2.24) is 4.90 Å². The summed E-state index contributed by atoms with van der Waals surface area (Å²) in [5.41, 5.74) is 8.03. The largest absolute Gasteiger partial charge is 0.497 e. The summed E-state index contributed by atoms with van der Waals surface area (Å²) < 4.78 is 5.21. The number of carbonyl (C=O) groups excluding carboxylic acids is 2. The highest BCUT2D eigenvalue weighted by Gasteiger charge is 2.30. The van der Waals surface area contributed by atoms with Crippen LogP contribution in [0.5, 0.6) is 5.75 Å². The maximum absolute atomic E-state index is 13.4. The van der Waals surface area contributed by atoms with E-state index < -0.39 is 0 Å². The number of methoxy groups -OCH3 is 1. The van der Waals surface area contributed by atoms with Crippen LogP contribution in [-0.4, -0.2) is 36.9 Å². The van der Waals surface area contributed by atoms with Gasteiger partial charge in [0, 0.05) is 30.3 Å². The van der Waals surface area contributed by atoms with E-state index in [0.29, 0.717) is 36.6 Å². The molecule has 6 nitrogen and oxygen atoms in total. The standard InChI is InChI=1S/C27H37N3O3/c1-27(2,18-28)19-30(26(32)21-10-5-4-6-11-21)17-20-9-7-13-23(15-20)29-25(31)22-12-8-14-24(16-22)33-3/h7-9,12-16,21H,4-6,10-11,17-19,28H2,1-3H3,(H,29,31). The Morgan fingerprint density at radius 1 is 1.09 bits per heavy atom. The summed E-state index contributed by atoms with van der Waals surface area (Å²) in [7, 11) is 1.58. The van der Waals surface area contributed by atoms with Gasteiger partial charge in [0.2, 0.25) is 5.91 Å². The average molecular weight is 452 g/mol. The maximum atomic E-state index is 13.4. The van der Waals surface area contributed by atoms with Crippen LogP contribution < -0.4 is 15.8 Å². The molecule has 0 unspecified atom stereocenters. The zero-order chi connectivity index (χ0) is 23.8. The van der Waals surface area contributed by atoms with Crippen LogP contribution in [0.1, 0.15) is 61.9 Å². The molecule has 3 rings (SSSR count). The Morgan fingerprint density at radius 3 is 2.52 bits per heavy atom. The predicted molar refractivity (Wildman–Crippen MR) is 132 cm³/mol. The summed E-state index contributed by atoms with van der Waals surface area (Å²) in [5, 5.41) is 2.96. The Kier molecular flexibility index (Phi) is 8.50. The van der Waals surface area contributed by atoms with E-state index in [4.69, 9.17) is 10.5 Å². The number of amides is 2. The molecule has 0 atom stereocenters. The first-order valence-corrected chi connectivity index (χ1v) is 11.8. The second-order valence-electron chi connectivity index (χ2n) is 9.78. The molecule has 3 N–H and O–H groups in total. The van der Waals surface area contributed by atoms with E-state index in [0.717, 1.165) is 31.2 Å². The predicted octanol–water partition coefficient (Wildman–Crippen LogP) is 4.84. The van der Waals surface area contributed by atoms with Crippen molar-refractivity contribution in [1.29, 1.82) is 0 Å². The maximum Gasteiger partial charge on any atom is 0.255 e. The fraction of sp³-hybridized carbons (Fsp3) is 0.481. The monoisotopic (exact) mass is 451 g/mol. The van der Waals surface area contributed by atoms with Gasteiger partial charge in [-0.15, -0.1) is 0 Å². The van der Waals surface area contributed by atoms with Crippen molar-refractivity contribution < 1.29 is 14.3 Å². The summed E-state index contributed by atoms with van der Waals surface area (Å²) >= 11 is 0. The van der Waals surface area contributed by atoms with Gasteiger partial charge >= 0.3 is 0 Å². The van der Waals surface area contributed by atoms with Crippen molar-refractivity contribution in [2.45, 2.75) is 52.5 Å². The van der Waals surface area contributed by atoms with Gasteiger partial charge in [-0.25, -0.2) is 0 Å².